The van der Waals surface area contributed by atoms with Gasteiger partial charge in [0.1, 0.15) is 11.4 Å². The lowest BCUT2D eigenvalue weighted by Crippen LogP contribution is -2.36. The second-order valence-corrected chi connectivity index (χ2v) is 6.68. The van der Waals surface area contributed by atoms with Crippen molar-refractivity contribution in [3.05, 3.63) is 33.8 Å². The Hall–Kier alpha value is -1.53. The van der Waals surface area contributed by atoms with Crippen molar-refractivity contribution in [1.82, 2.24) is 24.5 Å². The van der Waals surface area contributed by atoms with Gasteiger partial charge in [-0.1, -0.05) is 36.0 Å². The minimum atomic E-state index is -0.135. The zero-order chi connectivity index (χ0) is 16.6. The summed E-state index contributed by atoms with van der Waals surface area (Å²) < 4.78 is 3.20. The monoisotopic (exact) mass is 355 g/mol. The first-order valence-corrected chi connectivity index (χ1v) is 8.42. The van der Waals surface area contributed by atoms with E-state index in [1.54, 1.807) is 17.9 Å². The van der Waals surface area contributed by atoms with E-state index in [4.69, 9.17) is 23.2 Å². The summed E-state index contributed by atoms with van der Waals surface area (Å²) in [5.74, 6) is -0.122. The predicted octanol–water partition coefficient (Wildman–Crippen LogP) is 3.22. The number of halogens is 2. The molecule has 23 heavy (non-hydrogen) atoms. The summed E-state index contributed by atoms with van der Waals surface area (Å²) in [4.78, 5) is 14.9. The maximum Gasteiger partial charge on any atom is 0.274 e. The van der Waals surface area contributed by atoms with E-state index in [9.17, 15) is 4.79 Å². The largest absolute Gasteiger partial charge is 0.329 e. The van der Waals surface area contributed by atoms with E-state index in [1.807, 2.05) is 11.9 Å². The number of carbonyl (C=O) groups is 1. The van der Waals surface area contributed by atoms with Crippen molar-refractivity contribution < 1.29 is 4.79 Å². The van der Waals surface area contributed by atoms with Crippen LogP contribution in [0.1, 0.15) is 47.9 Å². The van der Waals surface area contributed by atoms with Crippen molar-refractivity contribution in [2.75, 3.05) is 6.54 Å². The quantitative estimate of drug-likeness (QED) is 0.830. The molecule has 8 heteroatoms. The van der Waals surface area contributed by atoms with E-state index in [0.29, 0.717) is 22.3 Å². The molecule has 3 heterocycles. The third-order valence-corrected chi connectivity index (χ3v) is 4.80. The summed E-state index contributed by atoms with van der Waals surface area (Å²) in [7, 11) is 3.55. The van der Waals surface area contributed by atoms with Crippen LogP contribution in [0.25, 0.3) is 0 Å². The van der Waals surface area contributed by atoms with Gasteiger partial charge in [-0.2, -0.15) is 10.2 Å². The lowest BCUT2D eigenvalue weighted by molar-refractivity contribution is 0.0665. The van der Waals surface area contributed by atoms with E-state index in [0.717, 1.165) is 31.4 Å². The Labute approximate surface area is 145 Å². The highest BCUT2D eigenvalue weighted by Gasteiger charge is 2.33. The molecule has 2 aromatic heterocycles. The molecule has 1 atom stereocenters. The molecule has 0 unspecified atom stereocenters. The van der Waals surface area contributed by atoms with Gasteiger partial charge in [-0.3, -0.25) is 14.2 Å². The maximum atomic E-state index is 13.1. The summed E-state index contributed by atoms with van der Waals surface area (Å²) >= 11 is 12.5. The molecule has 1 saturated heterocycles. The van der Waals surface area contributed by atoms with E-state index in [-0.39, 0.29) is 11.9 Å². The highest BCUT2D eigenvalue weighted by Crippen LogP contribution is 2.34. The van der Waals surface area contributed by atoms with E-state index < -0.39 is 0 Å². The van der Waals surface area contributed by atoms with Gasteiger partial charge in [0.15, 0.2) is 0 Å². The molecular weight excluding hydrogens is 337 g/mol. The highest BCUT2D eigenvalue weighted by molar-refractivity contribution is 6.33. The lowest BCUT2D eigenvalue weighted by atomic mass is 10.1. The Morgan fingerprint density at radius 1 is 1.22 bits per heavy atom. The number of hydrogen-bond donors (Lipinski definition) is 0. The van der Waals surface area contributed by atoms with Gasteiger partial charge in [-0.15, -0.1) is 0 Å². The average molecular weight is 356 g/mol. The second-order valence-electron chi connectivity index (χ2n) is 5.86. The van der Waals surface area contributed by atoms with E-state index in [2.05, 4.69) is 10.2 Å². The van der Waals surface area contributed by atoms with Gasteiger partial charge in [0.2, 0.25) is 0 Å². The molecule has 1 aliphatic rings. The number of likely N-dealkylation sites (tertiary alicyclic amines) is 1. The minimum Gasteiger partial charge on any atom is -0.329 e. The van der Waals surface area contributed by atoms with Gasteiger partial charge in [0.05, 0.1) is 22.3 Å². The molecular formula is C15H19Cl2N5O. The summed E-state index contributed by atoms with van der Waals surface area (Å²) in [5, 5.41) is 9.50. The standard InChI is InChI=1S/C15H19Cl2N5O/c1-20-9-11(17)13(19-20)12-6-4-3-5-7-22(12)15(23)14-10(16)8-18-21(14)2/h8-9,12H,3-7H2,1-2H3/t12-/m1/s1. The fourth-order valence-electron chi connectivity index (χ4n) is 3.13. The second kappa shape index (κ2) is 6.53. The van der Waals surface area contributed by atoms with Crippen molar-refractivity contribution in [1.29, 1.82) is 0 Å². The van der Waals surface area contributed by atoms with Crippen LogP contribution in [-0.2, 0) is 14.1 Å². The molecule has 0 radical (unpaired) electrons. The van der Waals surface area contributed by atoms with Crippen molar-refractivity contribution in [2.24, 2.45) is 14.1 Å². The molecule has 6 nitrogen and oxygen atoms in total. The highest BCUT2D eigenvalue weighted by atomic mass is 35.5. The molecule has 3 rings (SSSR count). The zero-order valence-corrected chi connectivity index (χ0v) is 14.7. The third kappa shape index (κ3) is 3.10. The number of nitrogens with zero attached hydrogens (tertiary/aromatic N) is 5. The number of hydrogen-bond acceptors (Lipinski definition) is 3. The Morgan fingerprint density at radius 2 is 2.00 bits per heavy atom. The van der Waals surface area contributed by atoms with Gasteiger partial charge < -0.3 is 4.90 Å². The molecule has 2 aromatic rings. The first-order valence-electron chi connectivity index (χ1n) is 7.66. The van der Waals surface area contributed by atoms with Gasteiger partial charge in [0, 0.05) is 26.8 Å². The van der Waals surface area contributed by atoms with Gasteiger partial charge in [0.25, 0.3) is 5.91 Å². The van der Waals surface area contributed by atoms with Crippen LogP contribution in [0.5, 0.6) is 0 Å². The summed E-state index contributed by atoms with van der Waals surface area (Å²) in [6.07, 6.45) is 7.20. The van der Waals surface area contributed by atoms with Gasteiger partial charge in [-0.05, 0) is 12.8 Å². The Morgan fingerprint density at radius 3 is 2.61 bits per heavy atom. The molecule has 0 aliphatic carbocycles. The van der Waals surface area contributed by atoms with Crippen LogP contribution < -0.4 is 0 Å². The smallest absolute Gasteiger partial charge is 0.274 e. The fraction of sp³-hybridized carbons (Fsp3) is 0.533. The number of amides is 1. The number of carbonyl (C=O) groups excluding carboxylic acids is 1. The number of aromatic nitrogens is 4. The molecule has 1 fully saturated rings. The molecule has 0 spiro atoms. The molecule has 1 aliphatic heterocycles. The van der Waals surface area contributed by atoms with E-state index >= 15 is 0 Å². The van der Waals surface area contributed by atoms with Crippen LogP contribution in [0.2, 0.25) is 10.0 Å². The molecule has 0 saturated carbocycles. The van der Waals surface area contributed by atoms with Crippen molar-refractivity contribution in [3.8, 4) is 0 Å². The van der Waals surface area contributed by atoms with Crippen LogP contribution in [0.15, 0.2) is 12.4 Å². The van der Waals surface area contributed by atoms with Gasteiger partial charge in [-0.25, -0.2) is 0 Å². The normalized spacial score (nSPS) is 19.0. The van der Waals surface area contributed by atoms with Crippen LogP contribution in [0, 0.1) is 0 Å². The molecule has 0 bridgehead atoms. The van der Waals surface area contributed by atoms with E-state index in [1.165, 1.54) is 10.9 Å². The number of aryl methyl sites for hydroxylation is 2. The third-order valence-electron chi connectivity index (χ3n) is 4.24. The Bertz CT molecular complexity index is 704. The first-order chi connectivity index (χ1) is 11.0. The van der Waals surface area contributed by atoms with Crippen LogP contribution in [-0.4, -0.2) is 36.9 Å². The average Bonchev–Trinajstić information content (AvgIpc) is 2.90. The topological polar surface area (TPSA) is 56.0 Å². The summed E-state index contributed by atoms with van der Waals surface area (Å²) in [6, 6.07) is -0.135. The Balaban J connectivity index is 1.99. The molecule has 0 N–H and O–H groups in total. The summed E-state index contributed by atoms with van der Waals surface area (Å²) in [5.41, 5.74) is 1.16. The lowest BCUT2D eigenvalue weighted by Gasteiger charge is -2.29. The van der Waals surface area contributed by atoms with Crippen LogP contribution in [0.3, 0.4) is 0 Å². The minimum absolute atomic E-state index is 0.122. The first kappa shape index (κ1) is 16.3. The molecule has 1 amide bonds. The summed E-state index contributed by atoms with van der Waals surface area (Å²) in [6.45, 7) is 0.665. The van der Waals surface area contributed by atoms with Crippen molar-refractivity contribution in [3.63, 3.8) is 0 Å². The van der Waals surface area contributed by atoms with Crippen LogP contribution in [0.4, 0.5) is 0 Å². The van der Waals surface area contributed by atoms with Gasteiger partial charge >= 0.3 is 0 Å². The van der Waals surface area contributed by atoms with Crippen LogP contribution >= 0.6 is 23.2 Å². The molecule has 0 aromatic carbocycles. The fourth-order valence-corrected chi connectivity index (χ4v) is 3.68. The van der Waals surface area contributed by atoms with Crippen molar-refractivity contribution >= 4 is 29.1 Å². The van der Waals surface area contributed by atoms with Crippen molar-refractivity contribution in [2.45, 2.75) is 31.7 Å². The zero-order valence-electron chi connectivity index (χ0n) is 13.2. The predicted molar refractivity (Wildman–Crippen MR) is 88.7 cm³/mol. The SMILES string of the molecule is Cn1cc(Cl)c([C@H]2CCCCCN2C(=O)c2c(Cl)cnn2C)n1. The maximum absolute atomic E-state index is 13.1. The molecule has 124 valence electrons. The Kier molecular flexibility index (Phi) is 4.64. The number of rotatable bonds is 2.